The molecule has 1 atom stereocenters. The average Bonchev–Trinajstić information content (AvgIpc) is 2.18. The maximum Gasteiger partial charge on any atom is 0.191 e. The Balaban J connectivity index is 2.68. The number of carbonyl (C=O) groups is 1. The summed E-state index contributed by atoms with van der Waals surface area (Å²) in [6, 6.07) is 8.71. The molecule has 0 aliphatic carbocycles. The van der Waals surface area contributed by atoms with Crippen LogP contribution in [0, 0.1) is 0 Å². The molecule has 0 aromatic heterocycles. The third-order valence-corrected chi connectivity index (χ3v) is 1.96. The van der Waals surface area contributed by atoms with Gasteiger partial charge in [-0.1, -0.05) is 30.3 Å². The van der Waals surface area contributed by atoms with Crippen LogP contribution >= 0.6 is 11.6 Å². The molecular weight excluding hydrogens is 188 g/mol. The van der Waals surface area contributed by atoms with Crippen molar-refractivity contribution in [2.24, 2.45) is 0 Å². The molecule has 1 N–H and O–H groups in total. The van der Waals surface area contributed by atoms with Gasteiger partial charge in [-0.05, 0) is 6.42 Å². The fraction of sp³-hybridized carbons (Fsp3) is 0.300. The van der Waals surface area contributed by atoms with Gasteiger partial charge in [0.05, 0.1) is 0 Å². The molecule has 0 fully saturated rings. The van der Waals surface area contributed by atoms with Crippen LogP contribution in [-0.2, 0) is 0 Å². The van der Waals surface area contributed by atoms with Crippen molar-refractivity contribution in [3.8, 4) is 0 Å². The normalized spacial score (nSPS) is 12.5. The van der Waals surface area contributed by atoms with E-state index in [4.69, 9.17) is 11.6 Å². The molecule has 0 aliphatic heterocycles. The van der Waals surface area contributed by atoms with Gasteiger partial charge in [0.15, 0.2) is 5.78 Å². The Bertz CT molecular complexity index is 272. The molecule has 0 spiro atoms. The van der Waals surface area contributed by atoms with Gasteiger partial charge >= 0.3 is 0 Å². The third kappa shape index (κ3) is 2.83. The Hall–Kier alpha value is -0.860. The van der Waals surface area contributed by atoms with E-state index < -0.39 is 6.10 Å². The molecule has 1 aromatic rings. The highest BCUT2D eigenvalue weighted by Gasteiger charge is 2.15. The van der Waals surface area contributed by atoms with Crippen molar-refractivity contribution < 1.29 is 9.90 Å². The molecule has 0 heterocycles. The van der Waals surface area contributed by atoms with E-state index in [1.54, 1.807) is 24.3 Å². The number of benzene rings is 1. The zero-order valence-corrected chi connectivity index (χ0v) is 7.87. The molecule has 2 nitrogen and oxygen atoms in total. The highest BCUT2D eigenvalue weighted by Crippen LogP contribution is 2.06. The van der Waals surface area contributed by atoms with E-state index in [2.05, 4.69) is 0 Å². The second-order valence-electron chi connectivity index (χ2n) is 2.72. The summed E-state index contributed by atoms with van der Waals surface area (Å²) in [4.78, 5) is 11.4. The molecule has 0 amide bonds. The lowest BCUT2D eigenvalue weighted by Gasteiger charge is -2.06. The first-order valence-electron chi connectivity index (χ1n) is 4.09. The van der Waals surface area contributed by atoms with Gasteiger partial charge in [-0.15, -0.1) is 11.6 Å². The number of hydrogen-bond donors (Lipinski definition) is 1. The van der Waals surface area contributed by atoms with Crippen molar-refractivity contribution in [3.05, 3.63) is 35.9 Å². The number of rotatable bonds is 4. The Morgan fingerprint density at radius 1 is 1.38 bits per heavy atom. The topological polar surface area (TPSA) is 37.3 Å². The summed E-state index contributed by atoms with van der Waals surface area (Å²) in [5.74, 6) is 0.0287. The molecule has 0 saturated carbocycles. The van der Waals surface area contributed by atoms with E-state index in [9.17, 15) is 9.90 Å². The van der Waals surface area contributed by atoms with Gasteiger partial charge in [-0.25, -0.2) is 0 Å². The number of aliphatic hydroxyl groups excluding tert-OH is 1. The number of Topliss-reactive ketones (excluding diaryl/α,β-unsaturated/α-hetero) is 1. The molecule has 13 heavy (non-hydrogen) atoms. The first-order chi connectivity index (χ1) is 6.25. The molecule has 70 valence electrons. The quantitative estimate of drug-likeness (QED) is 0.592. The Morgan fingerprint density at radius 3 is 2.54 bits per heavy atom. The summed E-state index contributed by atoms with van der Waals surface area (Å²) in [5.41, 5.74) is 0.528. The number of aliphatic hydroxyl groups is 1. The van der Waals surface area contributed by atoms with Gasteiger partial charge in [0, 0.05) is 11.4 Å². The molecular formula is C10H11ClO2. The summed E-state index contributed by atoms with van der Waals surface area (Å²) in [6.07, 6.45) is -0.671. The van der Waals surface area contributed by atoms with E-state index in [1.165, 1.54) is 0 Å². The van der Waals surface area contributed by atoms with Crippen LogP contribution in [0.25, 0.3) is 0 Å². The third-order valence-electron chi connectivity index (χ3n) is 1.74. The number of halogens is 1. The van der Waals surface area contributed by atoms with Crippen molar-refractivity contribution in [2.45, 2.75) is 12.5 Å². The predicted octanol–water partition coefficient (Wildman–Crippen LogP) is 1.86. The van der Waals surface area contributed by atoms with E-state index in [0.717, 1.165) is 0 Å². The molecule has 0 aliphatic rings. The van der Waals surface area contributed by atoms with Crippen LogP contribution in [0.2, 0.25) is 0 Å². The Kier molecular flexibility index (Phi) is 3.93. The van der Waals surface area contributed by atoms with Crippen LogP contribution in [-0.4, -0.2) is 22.9 Å². The van der Waals surface area contributed by atoms with E-state index in [0.29, 0.717) is 17.9 Å². The molecule has 1 aromatic carbocycles. The van der Waals surface area contributed by atoms with Crippen molar-refractivity contribution in [1.29, 1.82) is 0 Å². The first-order valence-corrected chi connectivity index (χ1v) is 4.62. The van der Waals surface area contributed by atoms with Gasteiger partial charge in [0.2, 0.25) is 0 Å². The monoisotopic (exact) mass is 198 g/mol. The van der Waals surface area contributed by atoms with Crippen LogP contribution in [0.3, 0.4) is 0 Å². The number of alkyl halides is 1. The number of carbonyl (C=O) groups excluding carboxylic acids is 1. The van der Waals surface area contributed by atoms with Gasteiger partial charge in [-0.2, -0.15) is 0 Å². The molecule has 0 unspecified atom stereocenters. The maximum absolute atomic E-state index is 11.4. The van der Waals surface area contributed by atoms with Gasteiger partial charge in [0.25, 0.3) is 0 Å². The largest absolute Gasteiger partial charge is 0.385 e. The van der Waals surface area contributed by atoms with Crippen molar-refractivity contribution in [1.82, 2.24) is 0 Å². The summed E-state index contributed by atoms with van der Waals surface area (Å²) in [6.45, 7) is 0. The van der Waals surface area contributed by atoms with Crippen molar-refractivity contribution >= 4 is 17.4 Å². The predicted molar refractivity (Wildman–Crippen MR) is 52.1 cm³/mol. The van der Waals surface area contributed by atoms with Crippen molar-refractivity contribution in [2.75, 3.05) is 5.88 Å². The maximum atomic E-state index is 11.4. The summed E-state index contributed by atoms with van der Waals surface area (Å²) < 4.78 is 0. The van der Waals surface area contributed by atoms with Gasteiger partial charge in [0.1, 0.15) is 6.10 Å². The van der Waals surface area contributed by atoms with Crippen LogP contribution < -0.4 is 0 Å². The molecule has 1 rings (SSSR count). The second-order valence-corrected chi connectivity index (χ2v) is 3.10. The summed E-state index contributed by atoms with van der Waals surface area (Å²) in [7, 11) is 0. The zero-order valence-electron chi connectivity index (χ0n) is 7.11. The Labute approximate surface area is 82.2 Å². The lowest BCUT2D eigenvalue weighted by atomic mass is 10.1. The smallest absolute Gasteiger partial charge is 0.191 e. The van der Waals surface area contributed by atoms with E-state index >= 15 is 0 Å². The fourth-order valence-electron chi connectivity index (χ4n) is 1.03. The van der Waals surface area contributed by atoms with Crippen LogP contribution in [0.4, 0.5) is 0 Å². The highest BCUT2D eigenvalue weighted by molar-refractivity contribution is 6.18. The lowest BCUT2D eigenvalue weighted by molar-refractivity contribution is 0.0742. The van der Waals surface area contributed by atoms with Crippen molar-refractivity contribution in [3.63, 3.8) is 0 Å². The second kappa shape index (κ2) is 5.00. The molecule has 0 saturated heterocycles. The van der Waals surface area contributed by atoms with Crippen LogP contribution in [0.5, 0.6) is 0 Å². The number of ketones is 1. The van der Waals surface area contributed by atoms with E-state index in [-0.39, 0.29) is 5.78 Å². The number of hydrogen-bond acceptors (Lipinski definition) is 2. The Morgan fingerprint density at radius 2 is 2.00 bits per heavy atom. The van der Waals surface area contributed by atoms with Crippen LogP contribution in [0.15, 0.2) is 30.3 Å². The minimum Gasteiger partial charge on any atom is -0.385 e. The van der Waals surface area contributed by atoms with E-state index in [1.807, 2.05) is 6.07 Å². The summed E-state index contributed by atoms with van der Waals surface area (Å²) >= 11 is 5.42. The lowest BCUT2D eigenvalue weighted by Crippen LogP contribution is -2.20. The summed E-state index contributed by atoms with van der Waals surface area (Å²) in [5, 5.41) is 9.34. The van der Waals surface area contributed by atoms with Gasteiger partial charge < -0.3 is 5.11 Å². The average molecular weight is 199 g/mol. The minimum atomic E-state index is -0.972. The van der Waals surface area contributed by atoms with Crippen LogP contribution in [0.1, 0.15) is 16.8 Å². The first kappa shape index (κ1) is 10.2. The van der Waals surface area contributed by atoms with Gasteiger partial charge in [-0.3, -0.25) is 4.79 Å². The fourth-order valence-corrected chi connectivity index (χ4v) is 1.24. The molecule has 3 heteroatoms. The SMILES string of the molecule is O=C(c1ccccc1)[C@@H](O)CCCl. The molecule has 0 radical (unpaired) electrons. The minimum absolute atomic E-state index is 0.263. The highest BCUT2D eigenvalue weighted by atomic mass is 35.5. The molecule has 0 bridgehead atoms. The zero-order chi connectivity index (χ0) is 9.68. The standard InChI is InChI=1S/C10H11ClO2/c11-7-6-9(12)10(13)8-4-2-1-3-5-8/h1-5,9,12H,6-7H2/t9-/m0/s1.